The Bertz CT molecular complexity index is 1060. The molecule has 3 aromatic rings. The Kier molecular flexibility index (Phi) is 8.13. The molecule has 1 aromatic heterocycles. The third kappa shape index (κ3) is 6.16. The van der Waals surface area contributed by atoms with Gasteiger partial charge in [-0.15, -0.1) is 0 Å². The summed E-state index contributed by atoms with van der Waals surface area (Å²) >= 11 is 0. The molecule has 0 fully saturated rings. The molecule has 2 N–H and O–H groups in total. The van der Waals surface area contributed by atoms with Crippen molar-refractivity contribution in [2.45, 2.75) is 12.5 Å². The maximum Gasteiger partial charge on any atom is 0.307 e. The lowest BCUT2D eigenvalue weighted by Crippen LogP contribution is -2.30. The number of carbonyl (C=O) groups is 3. The number of aromatic nitrogens is 1. The second-order valence-corrected chi connectivity index (χ2v) is 7.08. The maximum atomic E-state index is 13.2. The van der Waals surface area contributed by atoms with Crippen molar-refractivity contribution >= 4 is 17.8 Å². The number of nitrogens with zero attached hydrogens (tertiary/aromatic N) is 1. The molecule has 1 heterocycles. The van der Waals surface area contributed by atoms with Crippen LogP contribution in [0.15, 0.2) is 72.9 Å². The normalized spacial score (nSPS) is 10.4. The Hall–Kier alpha value is -4.20. The summed E-state index contributed by atoms with van der Waals surface area (Å²) in [6.45, 7) is 0.105. The van der Waals surface area contributed by atoms with Crippen LogP contribution < -0.4 is 15.4 Å². The molecule has 170 valence electrons. The molecule has 0 atom stereocenters. The van der Waals surface area contributed by atoms with E-state index in [1.54, 1.807) is 0 Å². The molecule has 2 aromatic carbocycles. The number of amides is 2. The number of ether oxygens (including phenoxy) is 2. The number of benzene rings is 2. The zero-order valence-electron chi connectivity index (χ0n) is 18.4. The van der Waals surface area contributed by atoms with Crippen LogP contribution in [0.5, 0.6) is 5.75 Å². The van der Waals surface area contributed by atoms with Gasteiger partial charge in [-0.3, -0.25) is 14.4 Å². The fraction of sp³-hybridized carbons (Fsp3) is 0.200. The standard InChI is InChI=1S/C25H25N3O5/c1-32-21-15-20(25(31)26-14-13-22(29)33-2)27-16-19(21)24(30)28-23(17-9-5-3-6-10-17)18-11-7-4-8-12-18/h3-12,15-16,23H,13-14H2,1-2H3,(H,26,31)(H,28,30). The summed E-state index contributed by atoms with van der Waals surface area (Å²) < 4.78 is 9.90. The second kappa shape index (κ2) is 11.4. The zero-order valence-corrected chi connectivity index (χ0v) is 18.4. The third-order valence-electron chi connectivity index (χ3n) is 4.95. The lowest BCUT2D eigenvalue weighted by atomic mass is 9.98. The van der Waals surface area contributed by atoms with E-state index in [1.165, 1.54) is 26.5 Å². The summed E-state index contributed by atoms with van der Waals surface area (Å²) in [7, 11) is 2.69. The van der Waals surface area contributed by atoms with Crippen LogP contribution in [-0.2, 0) is 9.53 Å². The van der Waals surface area contributed by atoms with Gasteiger partial charge in [-0.2, -0.15) is 0 Å². The number of methoxy groups -OCH3 is 2. The van der Waals surface area contributed by atoms with Gasteiger partial charge in [0.2, 0.25) is 0 Å². The number of rotatable bonds is 9. The van der Waals surface area contributed by atoms with Crippen molar-refractivity contribution in [2.75, 3.05) is 20.8 Å². The first-order valence-electron chi connectivity index (χ1n) is 10.3. The van der Waals surface area contributed by atoms with Gasteiger partial charge < -0.3 is 20.1 Å². The highest BCUT2D eigenvalue weighted by Gasteiger charge is 2.22. The molecule has 8 nitrogen and oxygen atoms in total. The number of carbonyl (C=O) groups excluding carboxylic acids is 3. The van der Waals surface area contributed by atoms with Gasteiger partial charge in [0.1, 0.15) is 11.4 Å². The summed E-state index contributed by atoms with van der Waals surface area (Å²) in [6.07, 6.45) is 1.34. The number of esters is 1. The van der Waals surface area contributed by atoms with Crippen LogP contribution in [0.1, 0.15) is 44.4 Å². The number of pyridine rings is 1. The average Bonchev–Trinajstić information content (AvgIpc) is 2.87. The van der Waals surface area contributed by atoms with Gasteiger partial charge in [-0.1, -0.05) is 60.7 Å². The van der Waals surface area contributed by atoms with Gasteiger partial charge in [-0.05, 0) is 11.1 Å². The largest absolute Gasteiger partial charge is 0.496 e. The summed E-state index contributed by atoms with van der Waals surface area (Å²) in [6, 6.07) is 20.2. The van der Waals surface area contributed by atoms with Crippen LogP contribution in [0.4, 0.5) is 0 Å². The van der Waals surface area contributed by atoms with E-state index in [0.717, 1.165) is 11.1 Å². The molecule has 0 aliphatic rings. The second-order valence-electron chi connectivity index (χ2n) is 7.08. The summed E-state index contributed by atoms with van der Waals surface area (Å²) in [5.74, 6) is -1.11. The molecule has 33 heavy (non-hydrogen) atoms. The fourth-order valence-corrected chi connectivity index (χ4v) is 3.23. The van der Waals surface area contributed by atoms with E-state index in [-0.39, 0.29) is 36.0 Å². The zero-order chi connectivity index (χ0) is 23.6. The van der Waals surface area contributed by atoms with Crippen molar-refractivity contribution in [1.29, 1.82) is 0 Å². The van der Waals surface area contributed by atoms with Gasteiger partial charge >= 0.3 is 5.97 Å². The Morgan fingerprint density at radius 3 is 2.06 bits per heavy atom. The van der Waals surface area contributed by atoms with Gasteiger partial charge in [0, 0.05) is 18.8 Å². The first kappa shape index (κ1) is 23.5. The van der Waals surface area contributed by atoms with Crippen molar-refractivity contribution in [3.63, 3.8) is 0 Å². The highest BCUT2D eigenvalue weighted by atomic mass is 16.5. The predicted octanol–water partition coefficient (Wildman–Crippen LogP) is 2.90. The Balaban J connectivity index is 1.79. The Morgan fingerprint density at radius 1 is 0.909 bits per heavy atom. The van der Waals surface area contributed by atoms with E-state index >= 15 is 0 Å². The highest BCUT2D eigenvalue weighted by molar-refractivity contribution is 5.99. The van der Waals surface area contributed by atoms with Crippen LogP contribution in [0.3, 0.4) is 0 Å². The molecular formula is C25H25N3O5. The monoisotopic (exact) mass is 447 g/mol. The van der Waals surface area contributed by atoms with Crippen molar-refractivity contribution in [3.05, 3.63) is 95.3 Å². The lowest BCUT2D eigenvalue weighted by Gasteiger charge is -2.20. The molecule has 0 saturated carbocycles. The minimum Gasteiger partial charge on any atom is -0.496 e. The van der Waals surface area contributed by atoms with Gasteiger partial charge in [0.15, 0.2) is 0 Å². The van der Waals surface area contributed by atoms with Gasteiger partial charge in [-0.25, -0.2) is 4.98 Å². The molecule has 0 saturated heterocycles. The molecule has 8 heteroatoms. The Morgan fingerprint density at radius 2 is 1.52 bits per heavy atom. The van der Waals surface area contributed by atoms with E-state index in [9.17, 15) is 14.4 Å². The fourth-order valence-electron chi connectivity index (χ4n) is 3.23. The van der Waals surface area contributed by atoms with Crippen LogP contribution in [0, 0.1) is 0 Å². The molecule has 0 bridgehead atoms. The lowest BCUT2D eigenvalue weighted by molar-refractivity contribution is -0.140. The Labute approximate surface area is 191 Å². The van der Waals surface area contributed by atoms with Crippen molar-refractivity contribution in [1.82, 2.24) is 15.6 Å². The average molecular weight is 447 g/mol. The van der Waals surface area contributed by atoms with E-state index in [2.05, 4.69) is 20.4 Å². The molecule has 0 aliphatic heterocycles. The van der Waals surface area contributed by atoms with E-state index in [4.69, 9.17) is 4.74 Å². The minimum atomic E-state index is -0.490. The van der Waals surface area contributed by atoms with E-state index in [0.29, 0.717) is 0 Å². The molecule has 0 radical (unpaired) electrons. The number of hydrogen-bond donors (Lipinski definition) is 2. The molecule has 0 spiro atoms. The molecule has 3 rings (SSSR count). The van der Waals surface area contributed by atoms with Crippen molar-refractivity contribution < 1.29 is 23.9 Å². The molecule has 2 amide bonds. The first-order chi connectivity index (χ1) is 16.0. The highest BCUT2D eigenvalue weighted by Crippen LogP contribution is 2.24. The SMILES string of the molecule is COC(=O)CCNC(=O)c1cc(OC)c(C(=O)NC(c2ccccc2)c2ccccc2)cn1. The van der Waals surface area contributed by atoms with Crippen LogP contribution in [0.25, 0.3) is 0 Å². The maximum absolute atomic E-state index is 13.2. The van der Waals surface area contributed by atoms with Crippen molar-refractivity contribution in [2.24, 2.45) is 0 Å². The van der Waals surface area contributed by atoms with Crippen LogP contribution in [0.2, 0.25) is 0 Å². The molecular weight excluding hydrogens is 422 g/mol. The summed E-state index contributed by atoms with van der Waals surface area (Å²) in [4.78, 5) is 40.8. The van der Waals surface area contributed by atoms with Gasteiger partial charge in [0.05, 0.1) is 32.2 Å². The van der Waals surface area contributed by atoms with E-state index < -0.39 is 17.8 Å². The number of hydrogen-bond acceptors (Lipinski definition) is 6. The van der Waals surface area contributed by atoms with Crippen molar-refractivity contribution in [3.8, 4) is 5.75 Å². The smallest absolute Gasteiger partial charge is 0.307 e. The predicted molar refractivity (Wildman–Crippen MR) is 122 cm³/mol. The molecule has 0 unspecified atom stereocenters. The quantitative estimate of drug-likeness (QED) is 0.489. The summed E-state index contributed by atoms with van der Waals surface area (Å²) in [5.41, 5.74) is 2.10. The topological polar surface area (TPSA) is 107 Å². The van der Waals surface area contributed by atoms with E-state index in [1.807, 2.05) is 60.7 Å². The third-order valence-corrected chi connectivity index (χ3v) is 4.95. The summed E-state index contributed by atoms with van der Waals surface area (Å²) in [5, 5.41) is 5.61. The first-order valence-corrected chi connectivity index (χ1v) is 10.3. The van der Waals surface area contributed by atoms with Crippen LogP contribution in [-0.4, -0.2) is 43.5 Å². The van der Waals surface area contributed by atoms with Crippen LogP contribution >= 0.6 is 0 Å². The van der Waals surface area contributed by atoms with Gasteiger partial charge in [0.25, 0.3) is 11.8 Å². The molecule has 0 aliphatic carbocycles. The minimum absolute atomic E-state index is 0.0419. The number of nitrogens with one attached hydrogen (secondary N) is 2.